The standard InChI is InChI=1S/C12H18N2O2/c1-2-10(6-8-15)9-14-12(16)11-5-3-4-7-13-11/h3-5,7,10,15H,2,6,8-9H2,1H3,(H,14,16). The molecule has 1 aromatic heterocycles. The average molecular weight is 222 g/mol. The Labute approximate surface area is 95.7 Å². The number of amides is 1. The minimum atomic E-state index is -0.156. The highest BCUT2D eigenvalue weighted by molar-refractivity contribution is 5.92. The van der Waals surface area contributed by atoms with Crippen LogP contribution < -0.4 is 5.32 Å². The monoisotopic (exact) mass is 222 g/mol. The van der Waals surface area contributed by atoms with E-state index in [2.05, 4.69) is 10.3 Å². The van der Waals surface area contributed by atoms with Gasteiger partial charge in [-0.15, -0.1) is 0 Å². The van der Waals surface area contributed by atoms with Gasteiger partial charge in [0, 0.05) is 19.3 Å². The van der Waals surface area contributed by atoms with Crippen LogP contribution in [0.5, 0.6) is 0 Å². The molecule has 0 bridgehead atoms. The van der Waals surface area contributed by atoms with Gasteiger partial charge in [-0.05, 0) is 24.5 Å². The maximum absolute atomic E-state index is 11.6. The van der Waals surface area contributed by atoms with Crippen LogP contribution in [-0.4, -0.2) is 29.1 Å². The molecule has 1 atom stereocenters. The molecule has 0 aliphatic heterocycles. The van der Waals surface area contributed by atoms with Crippen LogP contribution in [0.25, 0.3) is 0 Å². The van der Waals surface area contributed by atoms with Crippen LogP contribution >= 0.6 is 0 Å². The Balaban J connectivity index is 2.40. The maximum Gasteiger partial charge on any atom is 0.269 e. The normalized spacial score (nSPS) is 12.1. The highest BCUT2D eigenvalue weighted by Gasteiger charge is 2.09. The predicted molar refractivity (Wildman–Crippen MR) is 62.1 cm³/mol. The number of carbonyl (C=O) groups is 1. The van der Waals surface area contributed by atoms with Crippen molar-refractivity contribution in [2.45, 2.75) is 19.8 Å². The van der Waals surface area contributed by atoms with Gasteiger partial charge >= 0.3 is 0 Å². The zero-order valence-electron chi connectivity index (χ0n) is 9.52. The molecule has 0 aromatic carbocycles. The van der Waals surface area contributed by atoms with Crippen LogP contribution in [0, 0.1) is 5.92 Å². The van der Waals surface area contributed by atoms with Crippen LogP contribution in [0.2, 0.25) is 0 Å². The van der Waals surface area contributed by atoms with Gasteiger partial charge in [-0.2, -0.15) is 0 Å². The number of aliphatic hydroxyl groups excluding tert-OH is 1. The minimum Gasteiger partial charge on any atom is -0.396 e. The molecule has 1 aromatic rings. The van der Waals surface area contributed by atoms with Gasteiger partial charge in [-0.1, -0.05) is 19.4 Å². The van der Waals surface area contributed by atoms with Crippen molar-refractivity contribution in [2.24, 2.45) is 5.92 Å². The van der Waals surface area contributed by atoms with Crippen molar-refractivity contribution < 1.29 is 9.90 Å². The lowest BCUT2D eigenvalue weighted by atomic mass is 10.0. The van der Waals surface area contributed by atoms with E-state index in [1.54, 1.807) is 24.4 Å². The Kier molecular flexibility index (Phi) is 5.50. The summed E-state index contributed by atoms with van der Waals surface area (Å²) in [6, 6.07) is 5.24. The molecule has 0 radical (unpaired) electrons. The molecule has 1 rings (SSSR count). The first-order valence-corrected chi connectivity index (χ1v) is 5.58. The van der Waals surface area contributed by atoms with Crippen LogP contribution in [0.4, 0.5) is 0 Å². The largest absolute Gasteiger partial charge is 0.396 e. The third-order valence-electron chi connectivity index (χ3n) is 2.56. The summed E-state index contributed by atoms with van der Waals surface area (Å²) in [6.45, 7) is 2.80. The van der Waals surface area contributed by atoms with Crippen molar-refractivity contribution in [3.05, 3.63) is 30.1 Å². The third-order valence-corrected chi connectivity index (χ3v) is 2.56. The van der Waals surface area contributed by atoms with E-state index in [4.69, 9.17) is 5.11 Å². The van der Waals surface area contributed by atoms with Crippen molar-refractivity contribution in [1.82, 2.24) is 10.3 Å². The van der Waals surface area contributed by atoms with Crippen LogP contribution in [-0.2, 0) is 0 Å². The molecule has 4 nitrogen and oxygen atoms in total. The number of nitrogens with one attached hydrogen (secondary N) is 1. The van der Waals surface area contributed by atoms with E-state index in [1.807, 2.05) is 6.92 Å². The van der Waals surface area contributed by atoms with Gasteiger partial charge in [0.05, 0.1) is 0 Å². The van der Waals surface area contributed by atoms with Gasteiger partial charge in [0.15, 0.2) is 0 Å². The molecule has 0 fully saturated rings. The molecule has 1 unspecified atom stereocenters. The molecule has 0 spiro atoms. The number of carbonyl (C=O) groups excluding carboxylic acids is 1. The summed E-state index contributed by atoms with van der Waals surface area (Å²) in [5, 5.41) is 11.6. The summed E-state index contributed by atoms with van der Waals surface area (Å²) >= 11 is 0. The zero-order valence-corrected chi connectivity index (χ0v) is 9.52. The predicted octanol–water partition coefficient (Wildman–Crippen LogP) is 1.22. The summed E-state index contributed by atoms with van der Waals surface area (Å²) in [5.74, 6) is 0.176. The lowest BCUT2D eigenvalue weighted by molar-refractivity contribution is 0.0938. The van der Waals surface area contributed by atoms with E-state index < -0.39 is 0 Å². The fourth-order valence-electron chi connectivity index (χ4n) is 1.46. The first-order valence-electron chi connectivity index (χ1n) is 5.58. The first kappa shape index (κ1) is 12.6. The van der Waals surface area contributed by atoms with Crippen LogP contribution in [0.15, 0.2) is 24.4 Å². The topological polar surface area (TPSA) is 62.2 Å². The number of nitrogens with zero attached hydrogens (tertiary/aromatic N) is 1. The van der Waals surface area contributed by atoms with E-state index in [1.165, 1.54) is 0 Å². The second-order valence-corrected chi connectivity index (χ2v) is 3.71. The Morgan fingerprint density at radius 2 is 2.38 bits per heavy atom. The van der Waals surface area contributed by atoms with Crippen molar-refractivity contribution in [1.29, 1.82) is 0 Å². The van der Waals surface area contributed by atoms with E-state index in [0.717, 1.165) is 12.8 Å². The van der Waals surface area contributed by atoms with Crippen LogP contribution in [0.1, 0.15) is 30.3 Å². The number of rotatable bonds is 6. The van der Waals surface area contributed by atoms with Gasteiger partial charge in [0.25, 0.3) is 5.91 Å². The molecule has 0 aliphatic carbocycles. The summed E-state index contributed by atoms with van der Waals surface area (Å²) in [4.78, 5) is 15.6. The zero-order chi connectivity index (χ0) is 11.8. The molecule has 1 heterocycles. The molecular weight excluding hydrogens is 204 g/mol. The molecule has 4 heteroatoms. The molecule has 0 saturated carbocycles. The number of aromatic nitrogens is 1. The quantitative estimate of drug-likeness (QED) is 0.760. The Morgan fingerprint density at radius 1 is 1.56 bits per heavy atom. The van der Waals surface area contributed by atoms with Gasteiger partial charge in [-0.25, -0.2) is 0 Å². The van der Waals surface area contributed by atoms with Gasteiger partial charge in [0.1, 0.15) is 5.69 Å². The number of pyridine rings is 1. The maximum atomic E-state index is 11.6. The second kappa shape index (κ2) is 6.95. The molecular formula is C12H18N2O2. The van der Waals surface area contributed by atoms with Crippen molar-refractivity contribution in [2.75, 3.05) is 13.2 Å². The van der Waals surface area contributed by atoms with Crippen molar-refractivity contribution in [3.63, 3.8) is 0 Å². The van der Waals surface area contributed by atoms with E-state index in [-0.39, 0.29) is 12.5 Å². The molecule has 1 amide bonds. The highest BCUT2D eigenvalue weighted by atomic mass is 16.3. The second-order valence-electron chi connectivity index (χ2n) is 3.71. The summed E-state index contributed by atoms with van der Waals surface area (Å²) in [5.41, 5.74) is 0.432. The van der Waals surface area contributed by atoms with Crippen molar-refractivity contribution >= 4 is 5.91 Å². The van der Waals surface area contributed by atoms with E-state index >= 15 is 0 Å². The van der Waals surface area contributed by atoms with Gasteiger partial charge < -0.3 is 10.4 Å². The van der Waals surface area contributed by atoms with Gasteiger partial charge in [-0.3, -0.25) is 9.78 Å². The average Bonchev–Trinajstić information content (AvgIpc) is 2.35. The minimum absolute atomic E-state index is 0.156. The lowest BCUT2D eigenvalue weighted by Crippen LogP contribution is -2.30. The molecule has 16 heavy (non-hydrogen) atoms. The lowest BCUT2D eigenvalue weighted by Gasteiger charge is -2.13. The number of hydrogen-bond acceptors (Lipinski definition) is 3. The fourth-order valence-corrected chi connectivity index (χ4v) is 1.46. The smallest absolute Gasteiger partial charge is 0.269 e. The molecule has 88 valence electrons. The number of hydrogen-bond donors (Lipinski definition) is 2. The Bertz CT molecular complexity index is 314. The van der Waals surface area contributed by atoms with Gasteiger partial charge in [0.2, 0.25) is 0 Å². The fraction of sp³-hybridized carbons (Fsp3) is 0.500. The SMILES string of the molecule is CCC(CCO)CNC(=O)c1ccccn1. The van der Waals surface area contributed by atoms with Crippen molar-refractivity contribution in [3.8, 4) is 0 Å². The van der Waals surface area contributed by atoms with E-state index in [9.17, 15) is 4.79 Å². The summed E-state index contributed by atoms with van der Waals surface area (Å²) in [6.07, 6.45) is 3.27. The highest BCUT2D eigenvalue weighted by Crippen LogP contribution is 2.05. The molecule has 2 N–H and O–H groups in total. The first-order chi connectivity index (χ1) is 7.77. The van der Waals surface area contributed by atoms with E-state index in [0.29, 0.717) is 18.2 Å². The van der Waals surface area contributed by atoms with Crippen LogP contribution in [0.3, 0.4) is 0 Å². The number of aliphatic hydroxyl groups is 1. The summed E-state index contributed by atoms with van der Waals surface area (Å²) in [7, 11) is 0. The Hall–Kier alpha value is -1.42. The summed E-state index contributed by atoms with van der Waals surface area (Å²) < 4.78 is 0. The molecule has 0 saturated heterocycles. The third kappa shape index (κ3) is 3.98. The molecule has 0 aliphatic rings. The Morgan fingerprint density at radius 3 is 2.94 bits per heavy atom.